The van der Waals surface area contributed by atoms with Crippen molar-refractivity contribution < 1.29 is 19.4 Å². The summed E-state index contributed by atoms with van der Waals surface area (Å²) in [4.78, 5) is 21.8. The van der Waals surface area contributed by atoms with Crippen molar-refractivity contribution >= 4 is 17.3 Å². The fraction of sp³-hybridized carbons (Fsp3) is 0.286. The van der Waals surface area contributed by atoms with Gasteiger partial charge in [-0.25, -0.2) is 14.8 Å². The fourth-order valence-corrected chi connectivity index (χ4v) is 3.65. The van der Waals surface area contributed by atoms with Gasteiger partial charge >= 0.3 is 5.97 Å². The molecule has 28 heavy (non-hydrogen) atoms. The minimum atomic E-state index is -0.952. The van der Waals surface area contributed by atoms with Crippen LogP contribution in [-0.4, -0.2) is 33.8 Å². The second-order valence-electron chi connectivity index (χ2n) is 6.16. The van der Waals surface area contributed by atoms with E-state index in [2.05, 4.69) is 9.97 Å². The maximum absolute atomic E-state index is 11.2. The molecule has 2 heterocycles. The molecular formula is C21H22N2O4S. The first-order valence-corrected chi connectivity index (χ1v) is 9.85. The van der Waals surface area contributed by atoms with Crippen molar-refractivity contribution in [2.24, 2.45) is 0 Å². The second-order valence-corrected chi connectivity index (χ2v) is 7.28. The lowest BCUT2D eigenvalue weighted by molar-refractivity contribution is -0.149. The molecule has 6 nitrogen and oxygen atoms in total. The Kier molecular flexibility index (Phi) is 6.73. The Morgan fingerprint density at radius 1 is 1.14 bits per heavy atom. The zero-order chi connectivity index (χ0) is 19.9. The molecular weight excluding hydrogens is 376 g/mol. The van der Waals surface area contributed by atoms with Crippen molar-refractivity contribution in [3.63, 3.8) is 0 Å². The van der Waals surface area contributed by atoms with Gasteiger partial charge in [0.1, 0.15) is 11.9 Å². The minimum absolute atomic E-state index is 0.122. The zero-order valence-corrected chi connectivity index (χ0v) is 16.6. The molecule has 0 aliphatic carbocycles. The van der Waals surface area contributed by atoms with Gasteiger partial charge in [0.25, 0.3) is 0 Å². The molecule has 7 heteroatoms. The number of rotatable bonds is 9. The van der Waals surface area contributed by atoms with Gasteiger partial charge in [-0.3, -0.25) is 0 Å². The van der Waals surface area contributed by atoms with Crippen LogP contribution in [0.4, 0.5) is 0 Å². The van der Waals surface area contributed by atoms with Crippen molar-refractivity contribution in [2.75, 3.05) is 6.61 Å². The first kappa shape index (κ1) is 20.0. The molecule has 0 saturated heterocycles. The van der Waals surface area contributed by atoms with Gasteiger partial charge in [0.2, 0.25) is 0 Å². The van der Waals surface area contributed by atoms with Gasteiger partial charge in [0, 0.05) is 30.3 Å². The van der Waals surface area contributed by atoms with Crippen LogP contribution >= 0.6 is 11.3 Å². The Balaban J connectivity index is 1.62. The lowest BCUT2D eigenvalue weighted by Gasteiger charge is -2.15. The van der Waals surface area contributed by atoms with E-state index in [4.69, 9.17) is 9.47 Å². The third kappa shape index (κ3) is 5.15. The van der Waals surface area contributed by atoms with E-state index in [0.29, 0.717) is 18.9 Å². The first-order valence-electron chi connectivity index (χ1n) is 9.04. The molecule has 0 aliphatic rings. The highest BCUT2D eigenvalue weighted by molar-refractivity contribution is 7.15. The Morgan fingerprint density at radius 3 is 2.50 bits per heavy atom. The van der Waals surface area contributed by atoms with Crippen LogP contribution in [0.25, 0.3) is 10.7 Å². The molecule has 1 aromatic carbocycles. The van der Waals surface area contributed by atoms with Crippen molar-refractivity contribution in [1.82, 2.24) is 9.97 Å². The van der Waals surface area contributed by atoms with Crippen LogP contribution in [0.3, 0.4) is 0 Å². The van der Waals surface area contributed by atoms with Gasteiger partial charge in [0.15, 0.2) is 11.9 Å². The number of ether oxygens (including phenoxy) is 2. The number of hydrogen-bond acceptors (Lipinski definition) is 6. The third-order valence-electron chi connectivity index (χ3n) is 4.11. The summed E-state index contributed by atoms with van der Waals surface area (Å²) in [6.45, 7) is 4.14. The van der Waals surface area contributed by atoms with Gasteiger partial charge < -0.3 is 14.6 Å². The molecule has 146 valence electrons. The van der Waals surface area contributed by atoms with E-state index in [-0.39, 0.29) is 6.10 Å². The second kappa shape index (κ2) is 9.43. The number of aliphatic carboxylic acids is 1. The fourth-order valence-electron chi connectivity index (χ4n) is 2.72. The average molecular weight is 398 g/mol. The standard InChI is InChI=1S/C21H22N2O4S/c1-3-26-17(21(24)25)13-15-5-7-16(8-6-15)27-14(2)18-9-10-19(28-18)20-22-11-4-12-23-20/h4-12,14,17H,3,13H2,1-2H3,(H,24,25). The summed E-state index contributed by atoms with van der Waals surface area (Å²) in [5.74, 6) is 0.481. The van der Waals surface area contributed by atoms with E-state index in [1.54, 1.807) is 36.7 Å². The Bertz CT molecular complexity index is 896. The highest BCUT2D eigenvalue weighted by atomic mass is 32.1. The Morgan fingerprint density at radius 2 is 1.86 bits per heavy atom. The predicted octanol–water partition coefficient (Wildman–Crippen LogP) is 4.38. The number of carboxylic acid groups (broad SMARTS) is 1. The van der Waals surface area contributed by atoms with Crippen LogP contribution in [0.15, 0.2) is 54.9 Å². The van der Waals surface area contributed by atoms with Crippen LogP contribution < -0.4 is 4.74 Å². The van der Waals surface area contributed by atoms with E-state index >= 15 is 0 Å². The van der Waals surface area contributed by atoms with Crippen LogP contribution in [0.5, 0.6) is 5.75 Å². The van der Waals surface area contributed by atoms with E-state index in [1.807, 2.05) is 43.3 Å². The monoisotopic (exact) mass is 398 g/mol. The van der Waals surface area contributed by atoms with Gasteiger partial charge in [0.05, 0.1) is 4.88 Å². The van der Waals surface area contributed by atoms with Crippen molar-refractivity contribution in [3.05, 3.63) is 65.3 Å². The largest absolute Gasteiger partial charge is 0.485 e. The topological polar surface area (TPSA) is 81.5 Å². The molecule has 0 fully saturated rings. The van der Waals surface area contributed by atoms with Gasteiger partial charge in [-0.15, -0.1) is 11.3 Å². The van der Waals surface area contributed by atoms with Crippen molar-refractivity contribution in [2.45, 2.75) is 32.5 Å². The summed E-state index contributed by atoms with van der Waals surface area (Å²) < 4.78 is 11.3. The molecule has 0 saturated carbocycles. The number of carboxylic acids is 1. The zero-order valence-electron chi connectivity index (χ0n) is 15.7. The number of hydrogen-bond donors (Lipinski definition) is 1. The Hall–Kier alpha value is -2.77. The highest BCUT2D eigenvalue weighted by Crippen LogP contribution is 2.31. The SMILES string of the molecule is CCOC(Cc1ccc(OC(C)c2ccc(-c3ncccn3)s2)cc1)C(=O)O. The normalized spacial score (nSPS) is 13.1. The number of benzene rings is 1. The molecule has 3 aromatic rings. The lowest BCUT2D eigenvalue weighted by atomic mass is 10.1. The Labute approximate surface area is 167 Å². The van der Waals surface area contributed by atoms with E-state index < -0.39 is 12.1 Å². The molecule has 0 amide bonds. The number of carbonyl (C=O) groups is 1. The van der Waals surface area contributed by atoms with Gasteiger partial charge in [-0.05, 0) is 49.7 Å². The minimum Gasteiger partial charge on any atom is -0.485 e. The average Bonchev–Trinajstić information content (AvgIpc) is 3.20. The van der Waals surface area contributed by atoms with Crippen LogP contribution in [0.1, 0.15) is 30.4 Å². The van der Waals surface area contributed by atoms with Crippen LogP contribution in [0, 0.1) is 0 Å². The van der Waals surface area contributed by atoms with Crippen molar-refractivity contribution in [1.29, 1.82) is 0 Å². The summed E-state index contributed by atoms with van der Waals surface area (Å²) in [7, 11) is 0. The first-order chi connectivity index (χ1) is 13.6. The van der Waals surface area contributed by atoms with Crippen molar-refractivity contribution in [3.8, 4) is 16.5 Å². The predicted molar refractivity (Wildman–Crippen MR) is 108 cm³/mol. The summed E-state index contributed by atoms with van der Waals surface area (Å²) in [6, 6.07) is 13.3. The molecule has 0 aliphatic heterocycles. The summed E-state index contributed by atoms with van der Waals surface area (Å²) in [5, 5.41) is 9.19. The molecule has 2 aromatic heterocycles. The number of nitrogens with zero attached hydrogens (tertiary/aromatic N) is 2. The van der Waals surface area contributed by atoms with Crippen LogP contribution in [-0.2, 0) is 16.0 Å². The smallest absolute Gasteiger partial charge is 0.333 e. The highest BCUT2D eigenvalue weighted by Gasteiger charge is 2.18. The molecule has 0 spiro atoms. The maximum Gasteiger partial charge on any atom is 0.333 e. The van der Waals surface area contributed by atoms with Gasteiger partial charge in [-0.2, -0.15) is 0 Å². The molecule has 2 atom stereocenters. The van der Waals surface area contributed by atoms with E-state index in [9.17, 15) is 9.90 Å². The van der Waals surface area contributed by atoms with Gasteiger partial charge in [-0.1, -0.05) is 12.1 Å². The quantitative estimate of drug-likeness (QED) is 0.576. The lowest BCUT2D eigenvalue weighted by Crippen LogP contribution is -2.26. The van der Waals surface area contributed by atoms with Crippen LogP contribution in [0.2, 0.25) is 0 Å². The summed E-state index contributed by atoms with van der Waals surface area (Å²) in [6.07, 6.45) is 2.82. The molecule has 2 unspecified atom stereocenters. The number of aromatic nitrogens is 2. The molecule has 1 N–H and O–H groups in total. The third-order valence-corrected chi connectivity index (χ3v) is 5.36. The molecule has 0 bridgehead atoms. The summed E-state index contributed by atoms with van der Waals surface area (Å²) >= 11 is 1.60. The van der Waals surface area contributed by atoms with E-state index in [1.165, 1.54) is 0 Å². The van der Waals surface area contributed by atoms with E-state index in [0.717, 1.165) is 21.1 Å². The number of thiophene rings is 1. The molecule has 3 rings (SSSR count). The molecule has 0 radical (unpaired) electrons. The summed E-state index contributed by atoms with van der Waals surface area (Å²) in [5.41, 5.74) is 0.889. The maximum atomic E-state index is 11.2.